The van der Waals surface area contributed by atoms with Crippen LogP contribution in [0.4, 0.5) is 0 Å². The van der Waals surface area contributed by atoms with Gasteiger partial charge in [-0.15, -0.1) is 0 Å². The molecule has 1 aromatic rings. The molecule has 1 aromatic carbocycles. The molecule has 2 fully saturated rings. The summed E-state index contributed by atoms with van der Waals surface area (Å²) in [6.07, 6.45) is 8.37. The van der Waals surface area contributed by atoms with Gasteiger partial charge in [0.05, 0.1) is 5.56 Å². The fourth-order valence-corrected chi connectivity index (χ4v) is 4.41. The van der Waals surface area contributed by atoms with Crippen LogP contribution in [0.2, 0.25) is 0 Å². The number of fused-ring (bicyclic) bond motifs is 5. The van der Waals surface area contributed by atoms with Crippen molar-refractivity contribution in [2.24, 2.45) is 23.7 Å². The molecule has 19 heavy (non-hydrogen) atoms. The predicted octanol–water partition coefficient (Wildman–Crippen LogP) is 3.44. The van der Waals surface area contributed by atoms with E-state index in [9.17, 15) is 4.79 Å². The second kappa shape index (κ2) is 4.22. The standard InChI is InChI=1S/C17H18O2/c18-17(11-5-2-1-3-6-11)19-16-10-12-9-15(16)14-8-4-7-13(12)14/h1-7,12-16H,8-10H2/t12-,13-,14+,15-,16+/m1/s1. The van der Waals surface area contributed by atoms with Gasteiger partial charge in [-0.25, -0.2) is 4.79 Å². The Labute approximate surface area is 113 Å². The molecule has 3 aliphatic carbocycles. The molecule has 0 aliphatic heterocycles. The average Bonchev–Trinajstić information content (AvgIpc) is 3.11. The Morgan fingerprint density at radius 3 is 2.79 bits per heavy atom. The van der Waals surface area contributed by atoms with Crippen molar-refractivity contribution in [3.63, 3.8) is 0 Å². The molecule has 4 rings (SSSR count). The zero-order valence-corrected chi connectivity index (χ0v) is 10.9. The summed E-state index contributed by atoms with van der Waals surface area (Å²) in [7, 11) is 0. The molecule has 2 nitrogen and oxygen atoms in total. The Balaban J connectivity index is 1.47. The second-order valence-electron chi connectivity index (χ2n) is 6.11. The fourth-order valence-electron chi connectivity index (χ4n) is 4.41. The molecule has 2 heteroatoms. The summed E-state index contributed by atoms with van der Waals surface area (Å²) in [5.41, 5.74) is 0.673. The highest BCUT2D eigenvalue weighted by Gasteiger charge is 2.53. The highest BCUT2D eigenvalue weighted by molar-refractivity contribution is 5.89. The number of hydrogen-bond acceptors (Lipinski definition) is 2. The van der Waals surface area contributed by atoms with Crippen molar-refractivity contribution in [2.45, 2.75) is 25.4 Å². The molecule has 2 saturated carbocycles. The number of allylic oxidation sites excluding steroid dienone is 2. The normalized spacial score (nSPS) is 38.4. The maximum Gasteiger partial charge on any atom is 0.338 e. The SMILES string of the molecule is O=C(O[C@H]1C[C@H]2C[C@@H]1[C@H]1CC=C[C@H]21)c1ccccc1. The third-order valence-electron chi connectivity index (χ3n) is 5.21. The van der Waals surface area contributed by atoms with E-state index in [-0.39, 0.29) is 12.1 Å². The summed E-state index contributed by atoms with van der Waals surface area (Å²) in [4.78, 5) is 12.1. The van der Waals surface area contributed by atoms with E-state index in [0.29, 0.717) is 11.5 Å². The van der Waals surface area contributed by atoms with Gasteiger partial charge in [0.1, 0.15) is 6.10 Å². The number of benzene rings is 1. The van der Waals surface area contributed by atoms with Crippen LogP contribution in [0.25, 0.3) is 0 Å². The van der Waals surface area contributed by atoms with E-state index < -0.39 is 0 Å². The molecule has 0 spiro atoms. The lowest BCUT2D eigenvalue weighted by atomic mass is 9.80. The van der Waals surface area contributed by atoms with E-state index in [0.717, 1.165) is 24.2 Å². The van der Waals surface area contributed by atoms with Crippen LogP contribution >= 0.6 is 0 Å². The Hall–Kier alpha value is -1.57. The minimum Gasteiger partial charge on any atom is -0.458 e. The molecular weight excluding hydrogens is 236 g/mol. The van der Waals surface area contributed by atoms with Crippen LogP contribution in [-0.4, -0.2) is 12.1 Å². The van der Waals surface area contributed by atoms with Crippen LogP contribution in [0, 0.1) is 23.7 Å². The van der Waals surface area contributed by atoms with Crippen LogP contribution in [0.1, 0.15) is 29.6 Å². The van der Waals surface area contributed by atoms with Crippen molar-refractivity contribution in [2.75, 3.05) is 0 Å². The molecule has 0 radical (unpaired) electrons. The lowest BCUT2D eigenvalue weighted by molar-refractivity contribution is 0.00317. The van der Waals surface area contributed by atoms with Gasteiger partial charge in [-0.3, -0.25) is 0 Å². The van der Waals surface area contributed by atoms with Gasteiger partial charge >= 0.3 is 5.97 Å². The molecule has 0 N–H and O–H groups in total. The third-order valence-corrected chi connectivity index (χ3v) is 5.21. The average molecular weight is 254 g/mol. The van der Waals surface area contributed by atoms with E-state index in [1.165, 1.54) is 12.8 Å². The summed E-state index contributed by atoms with van der Waals surface area (Å²) < 4.78 is 5.77. The molecule has 98 valence electrons. The topological polar surface area (TPSA) is 26.3 Å². The van der Waals surface area contributed by atoms with Gasteiger partial charge in [0.25, 0.3) is 0 Å². The molecule has 3 aliphatic rings. The zero-order chi connectivity index (χ0) is 12.8. The van der Waals surface area contributed by atoms with Crippen molar-refractivity contribution in [1.29, 1.82) is 0 Å². The molecule has 0 unspecified atom stereocenters. The van der Waals surface area contributed by atoms with Gasteiger partial charge in [0.2, 0.25) is 0 Å². The number of esters is 1. The Morgan fingerprint density at radius 1 is 1.11 bits per heavy atom. The highest BCUT2D eigenvalue weighted by Crippen LogP contribution is 2.57. The van der Waals surface area contributed by atoms with Crippen molar-refractivity contribution < 1.29 is 9.53 Å². The summed E-state index contributed by atoms with van der Waals surface area (Å²) >= 11 is 0. The summed E-state index contributed by atoms with van der Waals surface area (Å²) in [5, 5.41) is 0. The summed E-state index contributed by atoms with van der Waals surface area (Å²) in [6.45, 7) is 0. The first-order chi connectivity index (χ1) is 9.33. The van der Waals surface area contributed by atoms with Crippen molar-refractivity contribution in [3.8, 4) is 0 Å². The van der Waals surface area contributed by atoms with Crippen LogP contribution < -0.4 is 0 Å². The monoisotopic (exact) mass is 254 g/mol. The first-order valence-electron chi connectivity index (χ1n) is 7.25. The zero-order valence-electron chi connectivity index (χ0n) is 10.9. The van der Waals surface area contributed by atoms with E-state index in [4.69, 9.17) is 4.74 Å². The van der Waals surface area contributed by atoms with Gasteiger partial charge in [-0.05, 0) is 55.1 Å². The van der Waals surface area contributed by atoms with E-state index in [1.807, 2.05) is 30.3 Å². The minimum absolute atomic E-state index is 0.152. The molecule has 2 bridgehead atoms. The van der Waals surface area contributed by atoms with Crippen molar-refractivity contribution >= 4 is 5.97 Å². The van der Waals surface area contributed by atoms with Crippen LogP contribution in [0.15, 0.2) is 42.5 Å². The van der Waals surface area contributed by atoms with Gasteiger partial charge < -0.3 is 4.74 Å². The lowest BCUT2D eigenvalue weighted by Crippen LogP contribution is -2.32. The number of carbonyl (C=O) groups excluding carboxylic acids is 1. The van der Waals surface area contributed by atoms with Gasteiger partial charge in [-0.1, -0.05) is 30.4 Å². The first kappa shape index (κ1) is 11.3. The quantitative estimate of drug-likeness (QED) is 0.597. The van der Waals surface area contributed by atoms with Crippen molar-refractivity contribution in [1.82, 2.24) is 0 Å². The number of ether oxygens (including phenoxy) is 1. The molecular formula is C17H18O2. The van der Waals surface area contributed by atoms with Crippen molar-refractivity contribution in [3.05, 3.63) is 48.0 Å². The van der Waals surface area contributed by atoms with E-state index in [2.05, 4.69) is 12.2 Å². The maximum absolute atomic E-state index is 12.1. The number of carbonyl (C=O) groups is 1. The maximum atomic E-state index is 12.1. The lowest BCUT2D eigenvalue weighted by Gasteiger charge is -2.31. The number of rotatable bonds is 2. The van der Waals surface area contributed by atoms with Crippen LogP contribution in [0.5, 0.6) is 0 Å². The first-order valence-corrected chi connectivity index (χ1v) is 7.25. The smallest absolute Gasteiger partial charge is 0.338 e. The summed E-state index contributed by atoms with van der Waals surface area (Å²) in [5.74, 6) is 2.71. The highest BCUT2D eigenvalue weighted by atomic mass is 16.5. The fraction of sp³-hybridized carbons (Fsp3) is 0.471. The molecule has 0 heterocycles. The van der Waals surface area contributed by atoms with Gasteiger partial charge in [-0.2, -0.15) is 0 Å². The molecule has 5 atom stereocenters. The summed E-state index contributed by atoms with van der Waals surface area (Å²) in [6, 6.07) is 9.34. The predicted molar refractivity (Wildman–Crippen MR) is 72.6 cm³/mol. The molecule has 0 aromatic heterocycles. The van der Waals surface area contributed by atoms with E-state index in [1.54, 1.807) is 0 Å². The van der Waals surface area contributed by atoms with Crippen LogP contribution in [-0.2, 0) is 4.74 Å². The van der Waals surface area contributed by atoms with Gasteiger partial charge in [0, 0.05) is 0 Å². The minimum atomic E-state index is -0.152. The Kier molecular flexibility index (Phi) is 2.51. The molecule has 0 amide bonds. The third kappa shape index (κ3) is 1.73. The Bertz CT molecular complexity index is 519. The largest absolute Gasteiger partial charge is 0.458 e. The van der Waals surface area contributed by atoms with E-state index >= 15 is 0 Å². The second-order valence-corrected chi connectivity index (χ2v) is 6.11. The van der Waals surface area contributed by atoms with Crippen LogP contribution in [0.3, 0.4) is 0 Å². The molecule has 0 saturated heterocycles. The Morgan fingerprint density at radius 2 is 1.95 bits per heavy atom. The number of hydrogen-bond donors (Lipinski definition) is 0. The van der Waals surface area contributed by atoms with Gasteiger partial charge in [0.15, 0.2) is 0 Å².